The van der Waals surface area contributed by atoms with Gasteiger partial charge in [-0.15, -0.1) is 17.9 Å². The van der Waals surface area contributed by atoms with Gasteiger partial charge in [0, 0.05) is 25.0 Å². The number of methoxy groups -OCH3 is 1. The molecule has 0 aliphatic heterocycles. The van der Waals surface area contributed by atoms with Crippen LogP contribution in [0.5, 0.6) is 5.75 Å². The zero-order valence-corrected chi connectivity index (χ0v) is 13.5. The summed E-state index contributed by atoms with van der Waals surface area (Å²) in [6.07, 6.45) is 2.95. The van der Waals surface area contributed by atoms with Crippen molar-refractivity contribution in [1.29, 1.82) is 0 Å². The summed E-state index contributed by atoms with van der Waals surface area (Å²) in [4.78, 5) is 6.98. The number of benzene rings is 1. The van der Waals surface area contributed by atoms with Crippen molar-refractivity contribution in [3.8, 4) is 5.75 Å². The molecule has 3 nitrogen and oxygen atoms in total. The number of ether oxygens (including phenoxy) is 1. The van der Waals surface area contributed by atoms with Crippen LogP contribution in [0.3, 0.4) is 0 Å². The van der Waals surface area contributed by atoms with Crippen molar-refractivity contribution < 1.29 is 4.74 Å². The first kappa shape index (κ1) is 15.7. The van der Waals surface area contributed by atoms with Gasteiger partial charge in [0.05, 0.1) is 17.8 Å². The van der Waals surface area contributed by atoms with Crippen LogP contribution in [-0.4, -0.2) is 23.5 Å². The smallest absolute Gasteiger partial charge is 0.118 e. The van der Waals surface area contributed by atoms with Crippen molar-refractivity contribution in [2.75, 3.05) is 13.7 Å². The maximum Gasteiger partial charge on any atom is 0.118 e. The normalized spacial score (nSPS) is 10.8. The fraction of sp³-hybridized carbons (Fsp3) is 0.353. The number of thiazole rings is 1. The van der Waals surface area contributed by atoms with Crippen LogP contribution in [0.25, 0.3) is 0 Å². The van der Waals surface area contributed by atoms with Crippen LogP contribution in [0.4, 0.5) is 0 Å². The van der Waals surface area contributed by atoms with Crippen LogP contribution in [0.1, 0.15) is 23.2 Å². The minimum atomic E-state index is 0.852. The van der Waals surface area contributed by atoms with Gasteiger partial charge in [0.1, 0.15) is 5.75 Å². The minimum Gasteiger partial charge on any atom is -0.497 e. The van der Waals surface area contributed by atoms with E-state index in [0.717, 1.165) is 37.5 Å². The first-order chi connectivity index (χ1) is 10.2. The van der Waals surface area contributed by atoms with Gasteiger partial charge in [-0.1, -0.05) is 25.1 Å². The quantitative estimate of drug-likeness (QED) is 0.691. The molecule has 1 heterocycles. The molecule has 0 saturated heterocycles. The van der Waals surface area contributed by atoms with Gasteiger partial charge in [0.2, 0.25) is 0 Å². The van der Waals surface area contributed by atoms with Crippen LogP contribution in [0, 0.1) is 0 Å². The molecule has 0 spiro atoms. The molecular weight excluding hydrogens is 280 g/mol. The average molecular weight is 302 g/mol. The SMILES string of the molecule is C=CCN(Cc1ccc(OC)cc1)Cc1csc(CC)n1. The number of rotatable bonds is 8. The lowest BCUT2D eigenvalue weighted by atomic mass is 10.2. The molecule has 0 aliphatic carbocycles. The Morgan fingerprint density at radius 2 is 2.05 bits per heavy atom. The van der Waals surface area contributed by atoms with Gasteiger partial charge < -0.3 is 4.74 Å². The Balaban J connectivity index is 2.01. The molecule has 2 aromatic rings. The maximum atomic E-state index is 5.19. The Morgan fingerprint density at radius 1 is 1.29 bits per heavy atom. The monoisotopic (exact) mass is 302 g/mol. The summed E-state index contributed by atoms with van der Waals surface area (Å²) >= 11 is 1.74. The van der Waals surface area contributed by atoms with E-state index < -0.39 is 0 Å². The van der Waals surface area contributed by atoms with Crippen molar-refractivity contribution in [2.24, 2.45) is 0 Å². The fourth-order valence-corrected chi connectivity index (χ4v) is 2.91. The lowest BCUT2D eigenvalue weighted by Crippen LogP contribution is -2.23. The Labute approximate surface area is 130 Å². The number of hydrogen-bond acceptors (Lipinski definition) is 4. The van der Waals surface area contributed by atoms with E-state index in [1.54, 1.807) is 18.4 Å². The number of nitrogens with zero attached hydrogens (tertiary/aromatic N) is 2. The second-order valence-corrected chi connectivity index (χ2v) is 5.84. The van der Waals surface area contributed by atoms with Gasteiger partial charge in [0.25, 0.3) is 0 Å². The standard InChI is InChI=1S/C17H22N2OS/c1-4-10-19(12-15-13-21-17(5-2)18-15)11-14-6-8-16(20-3)9-7-14/h4,6-9,13H,1,5,10-12H2,2-3H3. The first-order valence-electron chi connectivity index (χ1n) is 7.14. The summed E-state index contributed by atoms with van der Waals surface area (Å²) in [5.41, 5.74) is 2.41. The Morgan fingerprint density at radius 3 is 2.62 bits per heavy atom. The molecule has 0 bridgehead atoms. The van der Waals surface area contributed by atoms with Crippen LogP contribution in [-0.2, 0) is 19.5 Å². The molecule has 21 heavy (non-hydrogen) atoms. The molecule has 0 N–H and O–H groups in total. The summed E-state index contributed by atoms with van der Waals surface area (Å²) in [6, 6.07) is 8.21. The van der Waals surface area contributed by atoms with Crippen molar-refractivity contribution in [2.45, 2.75) is 26.4 Å². The molecule has 4 heteroatoms. The zero-order chi connectivity index (χ0) is 15.1. The minimum absolute atomic E-state index is 0.852. The second kappa shape index (κ2) is 7.96. The van der Waals surface area contributed by atoms with Gasteiger partial charge in [0.15, 0.2) is 0 Å². The van der Waals surface area contributed by atoms with E-state index in [9.17, 15) is 0 Å². The molecule has 0 saturated carbocycles. The predicted molar refractivity (Wildman–Crippen MR) is 88.8 cm³/mol. The van der Waals surface area contributed by atoms with Crippen molar-refractivity contribution in [3.63, 3.8) is 0 Å². The van der Waals surface area contributed by atoms with E-state index in [2.05, 4.69) is 40.9 Å². The number of aromatic nitrogens is 1. The van der Waals surface area contributed by atoms with Gasteiger partial charge in [-0.25, -0.2) is 4.98 Å². The molecule has 112 valence electrons. The molecule has 1 aromatic carbocycles. The molecule has 0 unspecified atom stereocenters. The highest BCUT2D eigenvalue weighted by Gasteiger charge is 2.08. The van der Waals surface area contributed by atoms with E-state index in [4.69, 9.17) is 4.74 Å². The highest BCUT2D eigenvalue weighted by molar-refractivity contribution is 7.09. The fourth-order valence-electron chi connectivity index (χ4n) is 2.17. The molecule has 0 atom stereocenters. The summed E-state index contributed by atoms with van der Waals surface area (Å²) < 4.78 is 5.19. The highest BCUT2D eigenvalue weighted by atomic mass is 32.1. The van der Waals surface area contributed by atoms with Gasteiger partial charge in [-0.05, 0) is 24.1 Å². The zero-order valence-electron chi connectivity index (χ0n) is 12.7. The van der Waals surface area contributed by atoms with Crippen LogP contribution in [0.2, 0.25) is 0 Å². The van der Waals surface area contributed by atoms with Crippen molar-refractivity contribution in [1.82, 2.24) is 9.88 Å². The third kappa shape index (κ3) is 4.69. The van der Waals surface area contributed by atoms with E-state index in [0.29, 0.717) is 0 Å². The lowest BCUT2D eigenvalue weighted by molar-refractivity contribution is 0.283. The van der Waals surface area contributed by atoms with E-state index >= 15 is 0 Å². The molecule has 1 aromatic heterocycles. The van der Waals surface area contributed by atoms with Gasteiger partial charge in [-0.2, -0.15) is 0 Å². The topological polar surface area (TPSA) is 25.4 Å². The van der Waals surface area contributed by atoms with Gasteiger partial charge in [-0.3, -0.25) is 4.90 Å². The van der Waals surface area contributed by atoms with Crippen molar-refractivity contribution in [3.05, 3.63) is 58.6 Å². The molecule has 2 rings (SSSR count). The number of hydrogen-bond donors (Lipinski definition) is 0. The molecular formula is C17H22N2OS. The van der Waals surface area contributed by atoms with Crippen molar-refractivity contribution >= 4 is 11.3 Å². The van der Waals surface area contributed by atoms with E-state index in [1.807, 2.05) is 18.2 Å². The summed E-state index contributed by atoms with van der Waals surface area (Å²) in [5, 5.41) is 3.36. The third-order valence-corrected chi connectivity index (χ3v) is 4.28. The summed E-state index contributed by atoms with van der Waals surface area (Å²) in [6.45, 7) is 8.59. The predicted octanol–water partition coefficient (Wildman–Crippen LogP) is 3.90. The Bertz CT molecular complexity index is 562. The van der Waals surface area contributed by atoms with Crippen LogP contribution >= 0.6 is 11.3 Å². The van der Waals surface area contributed by atoms with Crippen LogP contribution < -0.4 is 4.74 Å². The Hall–Kier alpha value is -1.65. The third-order valence-electron chi connectivity index (χ3n) is 3.24. The van der Waals surface area contributed by atoms with Gasteiger partial charge >= 0.3 is 0 Å². The van der Waals surface area contributed by atoms with E-state index in [1.165, 1.54) is 10.6 Å². The molecule has 0 fully saturated rings. The van der Waals surface area contributed by atoms with Crippen LogP contribution in [0.15, 0.2) is 42.3 Å². The molecule has 0 amide bonds. The largest absolute Gasteiger partial charge is 0.497 e. The Kier molecular flexibility index (Phi) is 5.96. The summed E-state index contributed by atoms with van der Waals surface area (Å²) in [5.74, 6) is 0.890. The highest BCUT2D eigenvalue weighted by Crippen LogP contribution is 2.16. The lowest BCUT2D eigenvalue weighted by Gasteiger charge is -2.19. The first-order valence-corrected chi connectivity index (χ1v) is 8.02. The average Bonchev–Trinajstić information content (AvgIpc) is 2.96. The number of aryl methyl sites for hydroxylation is 1. The maximum absolute atomic E-state index is 5.19. The second-order valence-electron chi connectivity index (χ2n) is 4.89. The summed E-state index contributed by atoms with van der Waals surface area (Å²) in [7, 11) is 1.69. The van der Waals surface area contributed by atoms with E-state index in [-0.39, 0.29) is 0 Å². The molecule has 0 radical (unpaired) electrons. The molecule has 0 aliphatic rings.